The second-order valence-corrected chi connectivity index (χ2v) is 6.24. The lowest BCUT2D eigenvalue weighted by Crippen LogP contribution is -2.35. The quantitative estimate of drug-likeness (QED) is 0.845. The third-order valence-electron chi connectivity index (χ3n) is 4.58. The molecule has 0 unspecified atom stereocenters. The molecule has 0 atom stereocenters. The molecule has 1 aliphatic rings. The molecule has 0 aromatic heterocycles. The van der Waals surface area contributed by atoms with E-state index in [1.54, 1.807) is 7.11 Å². The van der Waals surface area contributed by atoms with E-state index in [0.717, 1.165) is 17.7 Å². The maximum atomic E-state index is 12.2. The zero-order valence-electron chi connectivity index (χ0n) is 13.8. The molecule has 5 nitrogen and oxygen atoms in total. The standard InChI is InChI=1S/C18H25NO4/c1-12-3-8-16(23-2)15(11-12)9-10-19-17(20)13-4-6-14(7-5-13)18(21)22/h3,8,11,13-14H,4-7,9-10H2,1-2H3,(H,19,20)(H,21,22). The second-order valence-electron chi connectivity index (χ2n) is 6.24. The number of hydrogen-bond donors (Lipinski definition) is 2. The van der Waals surface area contributed by atoms with E-state index >= 15 is 0 Å². The van der Waals surface area contributed by atoms with E-state index in [4.69, 9.17) is 9.84 Å². The first-order valence-corrected chi connectivity index (χ1v) is 8.15. The minimum Gasteiger partial charge on any atom is -0.496 e. The van der Waals surface area contributed by atoms with Gasteiger partial charge in [0.25, 0.3) is 0 Å². The van der Waals surface area contributed by atoms with Crippen molar-refractivity contribution in [2.45, 2.75) is 39.0 Å². The van der Waals surface area contributed by atoms with Gasteiger partial charge in [-0.3, -0.25) is 9.59 Å². The first-order chi connectivity index (χ1) is 11.0. The van der Waals surface area contributed by atoms with Crippen molar-refractivity contribution in [1.29, 1.82) is 0 Å². The lowest BCUT2D eigenvalue weighted by Gasteiger charge is -2.25. The molecule has 126 valence electrons. The van der Waals surface area contributed by atoms with Crippen LogP contribution < -0.4 is 10.1 Å². The number of aliphatic carboxylic acids is 1. The van der Waals surface area contributed by atoms with Gasteiger partial charge in [-0.15, -0.1) is 0 Å². The number of carbonyl (C=O) groups is 2. The number of aryl methyl sites for hydroxylation is 1. The fourth-order valence-corrected chi connectivity index (χ4v) is 3.17. The molecule has 2 N–H and O–H groups in total. The van der Waals surface area contributed by atoms with Crippen LogP contribution in [0.1, 0.15) is 36.8 Å². The van der Waals surface area contributed by atoms with Crippen LogP contribution in [0, 0.1) is 18.8 Å². The zero-order chi connectivity index (χ0) is 16.8. The van der Waals surface area contributed by atoms with Crippen LogP contribution >= 0.6 is 0 Å². The highest BCUT2D eigenvalue weighted by Gasteiger charge is 2.29. The number of nitrogens with one attached hydrogen (secondary N) is 1. The van der Waals surface area contributed by atoms with Crippen LogP contribution in [0.3, 0.4) is 0 Å². The normalized spacial score (nSPS) is 20.8. The molecule has 0 spiro atoms. The molecule has 1 aromatic carbocycles. The van der Waals surface area contributed by atoms with E-state index in [1.807, 2.05) is 19.1 Å². The van der Waals surface area contributed by atoms with Gasteiger partial charge in [-0.2, -0.15) is 0 Å². The number of hydrogen-bond acceptors (Lipinski definition) is 3. The van der Waals surface area contributed by atoms with Crippen LogP contribution in [-0.2, 0) is 16.0 Å². The molecule has 1 amide bonds. The fourth-order valence-electron chi connectivity index (χ4n) is 3.17. The predicted octanol–water partition coefficient (Wildman–Crippen LogP) is 2.55. The predicted molar refractivity (Wildman–Crippen MR) is 87.5 cm³/mol. The zero-order valence-corrected chi connectivity index (χ0v) is 13.8. The lowest BCUT2D eigenvalue weighted by atomic mass is 9.81. The number of carboxylic acids is 1. The van der Waals surface area contributed by atoms with Gasteiger partial charge >= 0.3 is 5.97 Å². The monoisotopic (exact) mass is 319 g/mol. The summed E-state index contributed by atoms with van der Waals surface area (Å²) in [7, 11) is 1.65. The summed E-state index contributed by atoms with van der Waals surface area (Å²) >= 11 is 0. The molecule has 1 fully saturated rings. The molecule has 23 heavy (non-hydrogen) atoms. The first-order valence-electron chi connectivity index (χ1n) is 8.15. The molecule has 1 saturated carbocycles. The highest BCUT2D eigenvalue weighted by atomic mass is 16.5. The Kier molecular flexibility index (Phi) is 6.02. The Hall–Kier alpha value is -2.04. The number of ether oxygens (including phenoxy) is 1. The van der Waals surface area contributed by atoms with Crippen molar-refractivity contribution in [1.82, 2.24) is 5.32 Å². The summed E-state index contributed by atoms with van der Waals surface area (Å²) in [5.41, 5.74) is 2.25. The molecule has 0 saturated heterocycles. The lowest BCUT2D eigenvalue weighted by molar-refractivity contribution is -0.144. The van der Waals surface area contributed by atoms with Gasteiger partial charge in [-0.1, -0.05) is 17.7 Å². The Morgan fingerprint density at radius 1 is 1.22 bits per heavy atom. The smallest absolute Gasteiger partial charge is 0.306 e. The minimum absolute atomic E-state index is 0.0421. The minimum atomic E-state index is -0.740. The van der Waals surface area contributed by atoms with Crippen molar-refractivity contribution in [2.24, 2.45) is 11.8 Å². The van der Waals surface area contributed by atoms with E-state index in [9.17, 15) is 9.59 Å². The van der Waals surface area contributed by atoms with Gasteiger partial charge in [0.15, 0.2) is 0 Å². The maximum Gasteiger partial charge on any atom is 0.306 e. The molecule has 0 heterocycles. The van der Waals surface area contributed by atoms with Crippen LogP contribution in [-0.4, -0.2) is 30.6 Å². The molecule has 0 bridgehead atoms. The molecule has 5 heteroatoms. The van der Waals surface area contributed by atoms with Gasteiger partial charge in [0, 0.05) is 12.5 Å². The Morgan fingerprint density at radius 3 is 2.48 bits per heavy atom. The van der Waals surface area contributed by atoms with E-state index < -0.39 is 5.97 Å². The van der Waals surface area contributed by atoms with Crippen LogP contribution in [0.25, 0.3) is 0 Å². The van der Waals surface area contributed by atoms with Crippen LogP contribution in [0.2, 0.25) is 0 Å². The summed E-state index contributed by atoms with van der Waals surface area (Å²) < 4.78 is 5.34. The summed E-state index contributed by atoms with van der Waals surface area (Å²) in [6.07, 6.45) is 3.24. The number of carbonyl (C=O) groups excluding carboxylic acids is 1. The molecule has 0 aliphatic heterocycles. The Bertz CT molecular complexity index is 562. The van der Waals surface area contributed by atoms with Crippen LogP contribution in [0.5, 0.6) is 5.75 Å². The van der Waals surface area contributed by atoms with Crippen molar-refractivity contribution in [3.05, 3.63) is 29.3 Å². The van der Waals surface area contributed by atoms with Crippen molar-refractivity contribution in [3.63, 3.8) is 0 Å². The van der Waals surface area contributed by atoms with Crippen molar-refractivity contribution < 1.29 is 19.4 Å². The summed E-state index contributed by atoms with van der Waals surface area (Å²) in [4.78, 5) is 23.1. The molecular weight excluding hydrogens is 294 g/mol. The average molecular weight is 319 g/mol. The topological polar surface area (TPSA) is 75.6 Å². The molecule has 0 radical (unpaired) electrons. The third-order valence-corrected chi connectivity index (χ3v) is 4.58. The molecule has 1 aromatic rings. The average Bonchev–Trinajstić information content (AvgIpc) is 2.55. The molecule has 2 rings (SSSR count). The summed E-state index contributed by atoms with van der Waals surface area (Å²) in [6, 6.07) is 6.02. The van der Waals surface area contributed by atoms with Crippen LogP contribution in [0.4, 0.5) is 0 Å². The fraction of sp³-hybridized carbons (Fsp3) is 0.556. The largest absolute Gasteiger partial charge is 0.496 e. The Balaban J connectivity index is 1.79. The summed E-state index contributed by atoms with van der Waals surface area (Å²) in [5, 5.41) is 12.0. The number of carboxylic acid groups (broad SMARTS) is 1. The number of methoxy groups -OCH3 is 1. The SMILES string of the molecule is COc1ccc(C)cc1CCNC(=O)C1CCC(C(=O)O)CC1. The number of benzene rings is 1. The van der Waals surface area contributed by atoms with E-state index in [-0.39, 0.29) is 17.7 Å². The highest BCUT2D eigenvalue weighted by molar-refractivity contribution is 5.79. The van der Waals surface area contributed by atoms with Gasteiger partial charge in [0.1, 0.15) is 5.75 Å². The van der Waals surface area contributed by atoms with Gasteiger partial charge < -0.3 is 15.2 Å². The van der Waals surface area contributed by atoms with Crippen LogP contribution in [0.15, 0.2) is 18.2 Å². The van der Waals surface area contributed by atoms with Gasteiger partial charge in [0.05, 0.1) is 13.0 Å². The summed E-state index contributed by atoms with van der Waals surface area (Å²) in [5.74, 6) is -0.191. The first kappa shape index (κ1) is 17.3. The van der Waals surface area contributed by atoms with E-state index in [0.29, 0.717) is 32.2 Å². The van der Waals surface area contributed by atoms with E-state index in [2.05, 4.69) is 11.4 Å². The third kappa shape index (κ3) is 4.71. The van der Waals surface area contributed by atoms with E-state index in [1.165, 1.54) is 5.56 Å². The highest BCUT2D eigenvalue weighted by Crippen LogP contribution is 2.29. The van der Waals surface area contributed by atoms with Gasteiger partial charge in [0.2, 0.25) is 5.91 Å². The van der Waals surface area contributed by atoms with Crippen molar-refractivity contribution in [2.75, 3.05) is 13.7 Å². The number of rotatable bonds is 6. The number of amides is 1. The second kappa shape index (κ2) is 7.99. The van der Waals surface area contributed by atoms with Crippen molar-refractivity contribution in [3.8, 4) is 5.75 Å². The van der Waals surface area contributed by atoms with Gasteiger partial charge in [-0.25, -0.2) is 0 Å². The maximum absolute atomic E-state index is 12.2. The molecule has 1 aliphatic carbocycles. The Morgan fingerprint density at radius 2 is 1.87 bits per heavy atom. The summed E-state index contributed by atoms with van der Waals surface area (Å²) in [6.45, 7) is 2.60. The molecular formula is C18H25NO4. The van der Waals surface area contributed by atoms with Gasteiger partial charge in [-0.05, 0) is 50.7 Å². The Labute approximate surface area is 137 Å². The van der Waals surface area contributed by atoms with Crippen molar-refractivity contribution >= 4 is 11.9 Å².